The molecule has 20 heavy (non-hydrogen) atoms. The fraction of sp³-hybridized carbons (Fsp3) is 0.400. The molecule has 0 fully saturated rings. The van der Waals surface area contributed by atoms with Crippen molar-refractivity contribution >= 4 is 29.9 Å². The van der Waals surface area contributed by atoms with Crippen molar-refractivity contribution in [2.24, 2.45) is 4.99 Å². The number of benzene rings is 1. The van der Waals surface area contributed by atoms with Crippen LogP contribution in [0.25, 0.3) is 0 Å². The second-order valence-corrected chi connectivity index (χ2v) is 4.65. The number of rotatable bonds is 4. The van der Waals surface area contributed by atoms with E-state index in [9.17, 15) is 5.11 Å². The van der Waals surface area contributed by atoms with Crippen LogP contribution in [0.4, 0.5) is 0 Å². The Bertz CT molecular complexity index is 449. The molecule has 1 aliphatic carbocycles. The third kappa shape index (κ3) is 5.40. The molecule has 0 amide bonds. The van der Waals surface area contributed by atoms with Crippen LogP contribution < -0.4 is 10.6 Å². The third-order valence-corrected chi connectivity index (χ3v) is 3.05. The zero-order valence-electron chi connectivity index (χ0n) is 11.7. The van der Waals surface area contributed by atoms with E-state index in [-0.39, 0.29) is 29.7 Å². The number of hydrogen-bond acceptors (Lipinski definition) is 2. The number of phenolic OH excluding ortho intramolecular Hbond substituents is 1. The van der Waals surface area contributed by atoms with Gasteiger partial charge in [-0.25, -0.2) is 4.99 Å². The molecule has 0 aliphatic heterocycles. The molecule has 1 aliphatic rings. The number of nitrogens with zero attached hydrogens (tertiary/aromatic N) is 1. The Morgan fingerprint density at radius 2 is 1.90 bits per heavy atom. The van der Waals surface area contributed by atoms with Gasteiger partial charge in [-0.2, -0.15) is 0 Å². The minimum atomic E-state index is 0. The van der Waals surface area contributed by atoms with Crippen LogP contribution in [0, 0.1) is 0 Å². The van der Waals surface area contributed by atoms with Gasteiger partial charge in [-0.15, -0.1) is 24.0 Å². The molecule has 0 unspecified atom stereocenters. The van der Waals surface area contributed by atoms with Crippen molar-refractivity contribution in [3.63, 3.8) is 0 Å². The summed E-state index contributed by atoms with van der Waals surface area (Å²) in [6.07, 6.45) is 6.51. The maximum Gasteiger partial charge on any atom is 0.191 e. The molecule has 3 N–H and O–H groups in total. The number of halogens is 1. The first kappa shape index (κ1) is 16.8. The van der Waals surface area contributed by atoms with Gasteiger partial charge in [-0.1, -0.05) is 24.3 Å². The van der Waals surface area contributed by atoms with Crippen molar-refractivity contribution in [1.82, 2.24) is 10.6 Å². The number of nitrogens with one attached hydrogen (secondary N) is 2. The first-order valence-electron chi connectivity index (χ1n) is 6.75. The molecule has 0 spiro atoms. The fourth-order valence-electron chi connectivity index (χ4n) is 2.02. The van der Waals surface area contributed by atoms with Crippen molar-refractivity contribution in [3.05, 3.63) is 42.0 Å². The van der Waals surface area contributed by atoms with E-state index in [4.69, 9.17) is 0 Å². The van der Waals surface area contributed by atoms with Crippen LogP contribution in [0.2, 0.25) is 0 Å². The summed E-state index contributed by atoms with van der Waals surface area (Å²) in [5, 5.41) is 15.9. The van der Waals surface area contributed by atoms with Gasteiger partial charge >= 0.3 is 0 Å². The van der Waals surface area contributed by atoms with Gasteiger partial charge in [0.25, 0.3) is 0 Å². The van der Waals surface area contributed by atoms with E-state index in [2.05, 4.69) is 34.7 Å². The molecule has 0 aromatic heterocycles. The number of phenols is 1. The van der Waals surface area contributed by atoms with Crippen molar-refractivity contribution < 1.29 is 5.11 Å². The summed E-state index contributed by atoms with van der Waals surface area (Å²) < 4.78 is 0. The Morgan fingerprint density at radius 3 is 2.50 bits per heavy atom. The van der Waals surface area contributed by atoms with Gasteiger partial charge < -0.3 is 15.7 Å². The van der Waals surface area contributed by atoms with E-state index >= 15 is 0 Å². The maximum absolute atomic E-state index is 9.24. The van der Waals surface area contributed by atoms with Gasteiger partial charge in [0.1, 0.15) is 5.75 Å². The van der Waals surface area contributed by atoms with Crippen LogP contribution >= 0.6 is 24.0 Å². The van der Waals surface area contributed by atoms with Crippen LogP contribution in [0.3, 0.4) is 0 Å². The van der Waals surface area contributed by atoms with Gasteiger partial charge in [-0.3, -0.25) is 0 Å². The van der Waals surface area contributed by atoms with Gasteiger partial charge in [0.05, 0.1) is 6.54 Å². The molecule has 110 valence electrons. The zero-order chi connectivity index (χ0) is 13.5. The quantitative estimate of drug-likeness (QED) is 0.322. The van der Waals surface area contributed by atoms with Gasteiger partial charge in [-0.05, 0) is 37.5 Å². The normalized spacial score (nSPS) is 14.9. The Labute approximate surface area is 137 Å². The summed E-state index contributed by atoms with van der Waals surface area (Å²) >= 11 is 0. The zero-order valence-corrected chi connectivity index (χ0v) is 14.0. The average molecular weight is 387 g/mol. The highest BCUT2D eigenvalue weighted by Gasteiger charge is 2.11. The summed E-state index contributed by atoms with van der Waals surface area (Å²) in [4.78, 5) is 4.56. The molecule has 0 radical (unpaired) electrons. The van der Waals surface area contributed by atoms with Crippen LogP contribution in [0.1, 0.15) is 25.3 Å². The predicted molar refractivity (Wildman–Crippen MR) is 93.6 cm³/mol. The molecule has 0 bridgehead atoms. The topological polar surface area (TPSA) is 56.7 Å². The molecular weight excluding hydrogens is 365 g/mol. The maximum atomic E-state index is 9.24. The first-order chi connectivity index (χ1) is 9.28. The first-order valence-corrected chi connectivity index (χ1v) is 6.75. The highest BCUT2D eigenvalue weighted by molar-refractivity contribution is 14.0. The largest absolute Gasteiger partial charge is 0.508 e. The van der Waals surface area contributed by atoms with Crippen LogP contribution in [-0.2, 0) is 6.54 Å². The third-order valence-electron chi connectivity index (χ3n) is 3.05. The Hall–Kier alpha value is -1.24. The summed E-state index contributed by atoms with van der Waals surface area (Å²) in [5.74, 6) is 1.14. The summed E-state index contributed by atoms with van der Waals surface area (Å²) in [6, 6.07) is 7.61. The van der Waals surface area contributed by atoms with E-state index in [0.29, 0.717) is 12.6 Å². The van der Waals surface area contributed by atoms with E-state index in [1.165, 1.54) is 0 Å². The van der Waals surface area contributed by atoms with Crippen LogP contribution in [0.5, 0.6) is 5.75 Å². The number of aliphatic imine (C=N–C) groups is 1. The Balaban J connectivity index is 0.00000200. The minimum Gasteiger partial charge on any atom is -0.508 e. The Morgan fingerprint density at radius 1 is 1.25 bits per heavy atom. The SMILES string of the molecule is CCNC(=NCc1ccc(O)cc1)NC1CC=CC1.I. The van der Waals surface area contributed by atoms with E-state index < -0.39 is 0 Å². The highest BCUT2D eigenvalue weighted by Crippen LogP contribution is 2.11. The lowest BCUT2D eigenvalue weighted by molar-refractivity contribution is 0.475. The molecule has 0 saturated carbocycles. The number of guanidine groups is 1. The standard InChI is InChI=1S/C15H21N3O.HI/c1-2-16-15(18-13-5-3-4-6-13)17-11-12-7-9-14(19)10-8-12;/h3-4,7-10,13,19H,2,5-6,11H2,1H3,(H2,16,17,18);1H. The van der Waals surface area contributed by atoms with Crippen molar-refractivity contribution in [2.75, 3.05) is 6.54 Å². The Kier molecular flexibility index (Phi) is 7.43. The lowest BCUT2D eigenvalue weighted by Gasteiger charge is -2.16. The van der Waals surface area contributed by atoms with Crippen molar-refractivity contribution in [2.45, 2.75) is 32.4 Å². The van der Waals surface area contributed by atoms with Crippen molar-refractivity contribution in [1.29, 1.82) is 0 Å². The molecule has 1 aromatic carbocycles. The molecule has 0 heterocycles. The van der Waals surface area contributed by atoms with Gasteiger partial charge in [0, 0.05) is 12.6 Å². The van der Waals surface area contributed by atoms with E-state index in [1.807, 2.05) is 12.1 Å². The molecular formula is C15H22IN3O. The second-order valence-electron chi connectivity index (χ2n) is 4.65. The summed E-state index contributed by atoms with van der Waals surface area (Å²) in [7, 11) is 0. The minimum absolute atomic E-state index is 0. The number of hydrogen-bond donors (Lipinski definition) is 3. The summed E-state index contributed by atoms with van der Waals surface area (Å²) in [6.45, 7) is 3.52. The monoisotopic (exact) mass is 387 g/mol. The molecule has 4 nitrogen and oxygen atoms in total. The molecule has 2 rings (SSSR count). The van der Waals surface area contributed by atoms with Crippen molar-refractivity contribution in [3.8, 4) is 5.75 Å². The molecule has 5 heteroatoms. The molecule has 1 aromatic rings. The average Bonchev–Trinajstić information content (AvgIpc) is 2.91. The number of aromatic hydroxyl groups is 1. The lowest BCUT2D eigenvalue weighted by atomic mass is 10.2. The highest BCUT2D eigenvalue weighted by atomic mass is 127. The fourth-order valence-corrected chi connectivity index (χ4v) is 2.02. The predicted octanol–water partition coefficient (Wildman–Crippen LogP) is 2.78. The molecule has 0 atom stereocenters. The molecule has 0 saturated heterocycles. The smallest absolute Gasteiger partial charge is 0.191 e. The lowest BCUT2D eigenvalue weighted by Crippen LogP contribution is -2.42. The van der Waals surface area contributed by atoms with E-state index in [1.54, 1.807) is 12.1 Å². The van der Waals surface area contributed by atoms with Gasteiger partial charge in [0.15, 0.2) is 5.96 Å². The van der Waals surface area contributed by atoms with Gasteiger partial charge in [0.2, 0.25) is 0 Å². The second kappa shape index (κ2) is 8.84. The summed E-state index contributed by atoms with van der Waals surface area (Å²) in [5.41, 5.74) is 1.08. The van der Waals surface area contributed by atoms with Crippen LogP contribution in [0.15, 0.2) is 41.4 Å². The van der Waals surface area contributed by atoms with E-state index in [0.717, 1.165) is 30.9 Å². The van der Waals surface area contributed by atoms with Crippen LogP contribution in [-0.4, -0.2) is 23.7 Å².